The molecule has 0 unspecified atom stereocenters. The highest BCUT2D eigenvalue weighted by Gasteiger charge is 2.33. The minimum absolute atomic E-state index is 0.0688. The molecule has 0 bridgehead atoms. The Bertz CT molecular complexity index is 614. The van der Waals surface area contributed by atoms with Crippen molar-refractivity contribution in [1.29, 1.82) is 0 Å². The largest absolute Gasteiger partial charge is 0.416 e. The lowest BCUT2D eigenvalue weighted by atomic mass is 10.1. The molecule has 1 aromatic heterocycles. The molecule has 2 rings (SSSR count). The van der Waals surface area contributed by atoms with Gasteiger partial charge in [-0.05, 0) is 29.8 Å². The number of nitrogens with zero attached hydrogens (tertiary/aromatic N) is 1. The molecule has 106 valence electrons. The molecule has 20 heavy (non-hydrogen) atoms. The Morgan fingerprint density at radius 2 is 1.90 bits per heavy atom. The van der Waals surface area contributed by atoms with Crippen molar-refractivity contribution >= 4 is 17.4 Å². The van der Waals surface area contributed by atoms with Crippen LogP contribution in [0.15, 0.2) is 36.4 Å². The van der Waals surface area contributed by atoms with E-state index in [4.69, 9.17) is 11.6 Å². The quantitative estimate of drug-likeness (QED) is 0.667. The zero-order chi connectivity index (χ0) is 14.8. The molecule has 0 saturated heterocycles. The van der Waals surface area contributed by atoms with Gasteiger partial charge >= 0.3 is 6.18 Å². The molecular formula is C13H9ClF4N2. The molecule has 1 aromatic carbocycles. The number of pyridine rings is 1. The van der Waals surface area contributed by atoms with E-state index in [2.05, 4.69) is 10.3 Å². The second-order valence-electron chi connectivity index (χ2n) is 4.00. The summed E-state index contributed by atoms with van der Waals surface area (Å²) in [5.74, 6) is -0.586. The van der Waals surface area contributed by atoms with Gasteiger partial charge in [0.15, 0.2) is 0 Å². The number of rotatable bonds is 3. The van der Waals surface area contributed by atoms with E-state index in [0.29, 0.717) is 11.9 Å². The summed E-state index contributed by atoms with van der Waals surface area (Å²) in [6, 6.07) is 7.29. The van der Waals surface area contributed by atoms with Gasteiger partial charge in [0, 0.05) is 6.54 Å². The maximum Gasteiger partial charge on any atom is 0.416 e. The number of aromatic nitrogens is 1. The summed E-state index contributed by atoms with van der Waals surface area (Å²) in [6.07, 6.45) is -4.61. The number of anilines is 1. The van der Waals surface area contributed by atoms with E-state index in [-0.39, 0.29) is 17.3 Å². The number of halogens is 5. The summed E-state index contributed by atoms with van der Waals surface area (Å²) >= 11 is 5.67. The molecule has 1 heterocycles. The number of nitrogens with one attached hydrogen (secondary N) is 1. The maximum atomic E-state index is 12.9. The van der Waals surface area contributed by atoms with Gasteiger partial charge in [-0.1, -0.05) is 23.7 Å². The van der Waals surface area contributed by atoms with Crippen LogP contribution in [0.5, 0.6) is 0 Å². The Hall–Kier alpha value is -1.82. The van der Waals surface area contributed by atoms with Crippen LogP contribution in [0, 0.1) is 5.82 Å². The first-order valence-corrected chi connectivity index (χ1v) is 5.96. The average molecular weight is 305 g/mol. The summed E-state index contributed by atoms with van der Waals surface area (Å²) in [4.78, 5) is 3.90. The van der Waals surface area contributed by atoms with Crippen molar-refractivity contribution in [2.24, 2.45) is 0 Å². The van der Waals surface area contributed by atoms with Crippen molar-refractivity contribution < 1.29 is 17.6 Å². The predicted molar refractivity (Wildman–Crippen MR) is 68.0 cm³/mol. The van der Waals surface area contributed by atoms with E-state index >= 15 is 0 Å². The molecule has 0 aliphatic rings. The topological polar surface area (TPSA) is 24.9 Å². The van der Waals surface area contributed by atoms with Gasteiger partial charge in [0.1, 0.15) is 16.8 Å². The molecule has 2 aromatic rings. The van der Waals surface area contributed by atoms with Gasteiger partial charge in [0.05, 0.1) is 5.56 Å². The van der Waals surface area contributed by atoms with Crippen LogP contribution >= 0.6 is 11.6 Å². The van der Waals surface area contributed by atoms with Gasteiger partial charge in [0.25, 0.3) is 0 Å². The summed E-state index contributed by atoms with van der Waals surface area (Å²) in [5.41, 5.74) is -1.08. The van der Waals surface area contributed by atoms with Crippen LogP contribution in [-0.4, -0.2) is 4.98 Å². The predicted octanol–water partition coefficient (Wildman–Crippen LogP) is 4.51. The van der Waals surface area contributed by atoms with Crippen molar-refractivity contribution in [3.63, 3.8) is 0 Å². The minimum atomic E-state index is -4.61. The molecule has 0 amide bonds. The molecule has 0 aliphatic carbocycles. The lowest BCUT2D eigenvalue weighted by Crippen LogP contribution is -2.12. The SMILES string of the molecule is Fc1ccc(CNc2cccc(Cl)n2)c(C(F)(F)F)c1. The third-order valence-electron chi connectivity index (χ3n) is 2.55. The first-order chi connectivity index (χ1) is 9.36. The number of hydrogen-bond acceptors (Lipinski definition) is 2. The number of alkyl halides is 3. The van der Waals surface area contributed by atoms with E-state index in [0.717, 1.165) is 12.1 Å². The fourth-order valence-electron chi connectivity index (χ4n) is 1.66. The van der Waals surface area contributed by atoms with E-state index < -0.39 is 17.6 Å². The Balaban J connectivity index is 2.21. The Morgan fingerprint density at radius 3 is 2.55 bits per heavy atom. The molecule has 0 spiro atoms. The molecule has 0 aliphatic heterocycles. The maximum absolute atomic E-state index is 12.9. The minimum Gasteiger partial charge on any atom is -0.366 e. The molecule has 0 atom stereocenters. The van der Waals surface area contributed by atoms with Crippen LogP contribution in [0.25, 0.3) is 0 Å². The van der Waals surface area contributed by atoms with E-state index in [1.807, 2.05) is 0 Å². The summed E-state index contributed by atoms with van der Waals surface area (Å²) in [7, 11) is 0. The van der Waals surface area contributed by atoms with Crippen LogP contribution in [0.1, 0.15) is 11.1 Å². The zero-order valence-corrected chi connectivity index (χ0v) is 10.8. The summed E-state index contributed by atoms with van der Waals surface area (Å²) < 4.78 is 51.3. The molecule has 0 fully saturated rings. The van der Waals surface area contributed by atoms with Gasteiger partial charge in [-0.2, -0.15) is 13.2 Å². The van der Waals surface area contributed by atoms with E-state index in [1.54, 1.807) is 18.2 Å². The molecule has 7 heteroatoms. The highest BCUT2D eigenvalue weighted by Crippen LogP contribution is 2.32. The highest BCUT2D eigenvalue weighted by molar-refractivity contribution is 6.29. The molecular weight excluding hydrogens is 296 g/mol. The summed E-state index contributed by atoms with van der Waals surface area (Å²) in [5, 5.41) is 2.94. The van der Waals surface area contributed by atoms with Crippen molar-refractivity contribution in [2.45, 2.75) is 12.7 Å². The fraction of sp³-hybridized carbons (Fsp3) is 0.154. The van der Waals surface area contributed by atoms with E-state index in [9.17, 15) is 17.6 Å². The zero-order valence-electron chi connectivity index (χ0n) is 10.0. The number of hydrogen-bond donors (Lipinski definition) is 1. The normalized spacial score (nSPS) is 11.4. The van der Waals surface area contributed by atoms with Crippen LogP contribution < -0.4 is 5.32 Å². The average Bonchev–Trinajstić information content (AvgIpc) is 2.36. The number of benzene rings is 1. The lowest BCUT2D eigenvalue weighted by Gasteiger charge is -2.14. The van der Waals surface area contributed by atoms with Crippen LogP contribution in [0.4, 0.5) is 23.4 Å². The smallest absolute Gasteiger partial charge is 0.366 e. The fourth-order valence-corrected chi connectivity index (χ4v) is 1.82. The third-order valence-corrected chi connectivity index (χ3v) is 2.76. The van der Waals surface area contributed by atoms with Crippen molar-refractivity contribution in [3.8, 4) is 0 Å². The Morgan fingerprint density at radius 1 is 1.15 bits per heavy atom. The van der Waals surface area contributed by atoms with E-state index in [1.165, 1.54) is 0 Å². The van der Waals surface area contributed by atoms with Gasteiger partial charge in [-0.15, -0.1) is 0 Å². The first-order valence-electron chi connectivity index (χ1n) is 5.58. The summed E-state index contributed by atoms with van der Waals surface area (Å²) in [6.45, 7) is -0.136. The Labute approximate surface area is 117 Å². The van der Waals surface area contributed by atoms with Crippen molar-refractivity contribution in [2.75, 3.05) is 5.32 Å². The van der Waals surface area contributed by atoms with Crippen LogP contribution in [-0.2, 0) is 12.7 Å². The standard InChI is InChI=1S/C13H9ClF4N2/c14-11-2-1-3-12(20-11)19-7-8-4-5-9(15)6-10(8)13(16,17)18/h1-6H,7H2,(H,19,20). The van der Waals surface area contributed by atoms with Gasteiger partial charge in [0.2, 0.25) is 0 Å². The molecule has 0 radical (unpaired) electrons. The molecule has 1 N–H and O–H groups in total. The monoisotopic (exact) mass is 304 g/mol. The van der Waals surface area contributed by atoms with Gasteiger partial charge in [-0.3, -0.25) is 0 Å². The van der Waals surface area contributed by atoms with Gasteiger partial charge in [-0.25, -0.2) is 9.37 Å². The lowest BCUT2D eigenvalue weighted by molar-refractivity contribution is -0.138. The Kier molecular flexibility index (Phi) is 4.13. The van der Waals surface area contributed by atoms with Crippen molar-refractivity contribution in [1.82, 2.24) is 4.98 Å². The molecule has 2 nitrogen and oxygen atoms in total. The highest BCUT2D eigenvalue weighted by atomic mass is 35.5. The second-order valence-corrected chi connectivity index (χ2v) is 4.39. The van der Waals surface area contributed by atoms with Gasteiger partial charge < -0.3 is 5.32 Å². The van der Waals surface area contributed by atoms with Crippen molar-refractivity contribution in [3.05, 3.63) is 58.5 Å². The first kappa shape index (κ1) is 14.6. The third kappa shape index (κ3) is 3.60. The van der Waals surface area contributed by atoms with Crippen LogP contribution in [0.3, 0.4) is 0 Å². The molecule has 0 saturated carbocycles. The van der Waals surface area contributed by atoms with Crippen LogP contribution in [0.2, 0.25) is 5.15 Å². The second kappa shape index (κ2) is 5.66.